The Morgan fingerprint density at radius 3 is 2.00 bits per heavy atom. The molecule has 0 heterocycles. The Hall–Kier alpha value is -1.58. The topological polar surface area (TPSA) is 38.3 Å². The third kappa shape index (κ3) is 10.7. The van der Waals surface area contributed by atoms with Crippen molar-refractivity contribution in [1.82, 2.24) is 0 Å². The molecule has 0 aliphatic heterocycles. The zero-order valence-corrected chi connectivity index (χ0v) is 11.2. The number of ether oxygens (including phenoxy) is 1. The zero-order chi connectivity index (χ0) is 13.7. The predicted octanol–water partition coefficient (Wildman–Crippen LogP) is 4.45. The molecule has 3 nitrogen and oxygen atoms in total. The molecule has 1 aromatic carbocycles. The van der Waals surface area contributed by atoms with Crippen LogP contribution < -0.4 is 5.32 Å². The minimum Gasteiger partial charge on any atom is -0.453 e. The highest BCUT2D eigenvalue weighted by Gasteiger charge is 1.98. The zero-order valence-electron chi connectivity index (χ0n) is 11.2. The maximum Gasteiger partial charge on any atom is 0.411 e. The Morgan fingerprint density at radius 2 is 1.65 bits per heavy atom. The number of benzene rings is 1. The van der Waals surface area contributed by atoms with Crippen molar-refractivity contribution in [2.45, 2.75) is 34.1 Å². The van der Waals surface area contributed by atoms with Gasteiger partial charge in [0.05, 0.1) is 7.11 Å². The number of amides is 1. The van der Waals surface area contributed by atoms with E-state index in [0.717, 1.165) is 0 Å². The molecular weight excluding hydrogens is 221 g/mol. The van der Waals surface area contributed by atoms with Gasteiger partial charge in [0.1, 0.15) is 5.82 Å². The summed E-state index contributed by atoms with van der Waals surface area (Å²) in [7, 11) is 1.26. The molecule has 0 aromatic heterocycles. The van der Waals surface area contributed by atoms with Gasteiger partial charge in [0.25, 0.3) is 0 Å². The van der Waals surface area contributed by atoms with E-state index in [4.69, 9.17) is 0 Å². The van der Waals surface area contributed by atoms with Gasteiger partial charge in [0.15, 0.2) is 0 Å². The van der Waals surface area contributed by atoms with Crippen molar-refractivity contribution in [3.63, 3.8) is 0 Å². The van der Waals surface area contributed by atoms with E-state index in [1.54, 1.807) is 0 Å². The molecule has 4 heteroatoms. The maximum absolute atomic E-state index is 12.4. The number of carbonyl (C=O) groups excluding carboxylic acids is 1. The molecule has 1 rings (SSSR count). The van der Waals surface area contributed by atoms with Crippen LogP contribution in [0.2, 0.25) is 0 Å². The Bertz CT molecular complexity index is 286. The molecule has 0 aliphatic carbocycles. The summed E-state index contributed by atoms with van der Waals surface area (Å²) in [5, 5.41) is 2.39. The van der Waals surface area contributed by atoms with Gasteiger partial charge in [-0.05, 0) is 24.3 Å². The van der Waals surface area contributed by atoms with Crippen LogP contribution in [0.15, 0.2) is 24.3 Å². The Balaban J connectivity index is 0. The number of methoxy groups -OCH3 is 1. The van der Waals surface area contributed by atoms with Crippen LogP contribution in [0, 0.1) is 5.82 Å². The van der Waals surface area contributed by atoms with Crippen LogP contribution in [0.3, 0.4) is 0 Å². The quantitative estimate of drug-likeness (QED) is 0.791. The Morgan fingerprint density at radius 1 is 1.24 bits per heavy atom. The van der Waals surface area contributed by atoms with Gasteiger partial charge in [0, 0.05) is 5.69 Å². The maximum atomic E-state index is 12.4. The van der Waals surface area contributed by atoms with E-state index in [2.05, 4.69) is 23.9 Å². The van der Waals surface area contributed by atoms with Gasteiger partial charge in [-0.2, -0.15) is 0 Å². The van der Waals surface area contributed by atoms with Gasteiger partial charge in [-0.25, -0.2) is 9.18 Å². The molecule has 98 valence electrons. The highest BCUT2D eigenvalue weighted by Crippen LogP contribution is 2.07. The number of carbonyl (C=O) groups is 1. The minimum atomic E-state index is -0.568. The molecule has 0 atom stereocenters. The van der Waals surface area contributed by atoms with E-state index in [0.29, 0.717) is 5.69 Å². The summed E-state index contributed by atoms with van der Waals surface area (Å²) in [5.74, 6) is -0.342. The van der Waals surface area contributed by atoms with Gasteiger partial charge in [0.2, 0.25) is 0 Å². The molecule has 0 fully saturated rings. The van der Waals surface area contributed by atoms with Crippen molar-refractivity contribution < 1.29 is 13.9 Å². The summed E-state index contributed by atoms with van der Waals surface area (Å²) in [6, 6.07) is 5.41. The van der Waals surface area contributed by atoms with E-state index >= 15 is 0 Å². The Kier molecular flexibility index (Phi) is 13.1. The SMILES string of the molecule is CC.CCC.COC(=O)Nc1ccc(F)cc1. The van der Waals surface area contributed by atoms with Gasteiger partial charge in [-0.15, -0.1) is 0 Å². The average molecular weight is 243 g/mol. The minimum absolute atomic E-state index is 0.342. The first kappa shape index (κ1) is 17.8. The van der Waals surface area contributed by atoms with Crippen LogP contribution in [0.4, 0.5) is 14.9 Å². The highest BCUT2D eigenvalue weighted by atomic mass is 19.1. The summed E-state index contributed by atoms with van der Waals surface area (Å²) in [4.78, 5) is 10.6. The lowest BCUT2D eigenvalue weighted by molar-refractivity contribution is 0.187. The number of rotatable bonds is 1. The molecular formula is C13H22FNO2. The van der Waals surface area contributed by atoms with Crippen LogP contribution in [-0.2, 0) is 4.74 Å². The second-order valence-corrected chi connectivity index (χ2v) is 2.83. The molecule has 0 aliphatic rings. The number of nitrogens with one attached hydrogen (secondary N) is 1. The van der Waals surface area contributed by atoms with Crippen molar-refractivity contribution in [3.05, 3.63) is 30.1 Å². The van der Waals surface area contributed by atoms with E-state index in [-0.39, 0.29) is 5.82 Å². The molecule has 0 radical (unpaired) electrons. The van der Waals surface area contributed by atoms with E-state index < -0.39 is 6.09 Å². The first-order valence-corrected chi connectivity index (χ1v) is 5.74. The molecule has 17 heavy (non-hydrogen) atoms. The molecule has 1 aromatic rings. The molecule has 0 saturated heterocycles. The summed E-state index contributed by atoms with van der Waals surface area (Å²) >= 11 is 0. The second kappa shape index (κ2) is 12.5. The monoisotopic (exact) mass is 243 g/mol. The average Bonchev–Trinajstić information content (AvgIpc) is 2.35. The summed E-state index contributed by atoms with van der Waals surface area (Å²) in [5.41, 5.74) is 0.503. The lowest BCUT2D eigenvalue weighted by Crippen LogP contribution is -2.10. The predicted molar refractivity (Wildman–Crippen MR) is 69.7 cm³/mol. The molecule has 0 unspecified atom stereocenters. The molecule has 0 saturated carbocycles. The molecule has 0 spiro atoms. The Labute approximate surface area is 103 Å². The highest BCUT2D eigenvalue weighted by molar-refractivity contribution is 5.84. The van der Waals surface area contributed by atoms with Gasteiger partial charge < -0.3 is 4.74 Å². The van der Waals surface area contributed by atoms with Crippen molar-refractivity contribution in [3.8, 4) is 0 Å². The second-order valence-electron chi connectivity index (χ2n) is 2.83. The van der Waals surface area contributed by atoms with Crippen molar-refractivity contribution in [1.29, 1.82) is 0 Å². The summed E-state index contributed by atoms with van der Waals surface area (Å²) in [6.45, 7) is 8.25. The van der Waals surface area contributed by atoms with Gasteiger partial charge in [-0.1, -0.05) is 34.1 Å². The molecule has 1 N–H and O–H groups in total. The summed E-state index contributed by atoms with van der Waals surface area (Å²) in [6.07, 6.45) is 0.682. The van der Waals surface area contributed by atoms with Crippen LogP contribution >= 0.6 is 0 Å². The van der Waals surface area contributed by atoms with Crippen LogP contribution in [-0.4, -0.2) is 13.2 Å². The summed E-state index contributed by atoms with van der Waals surface area (Å²) < 4.78 is 16.7. The molecule has 0 bridgehead atoms. The van der Waals surface area contributed by atoms with E-state index in [1.807, 2.05) is 13.8 Å². The van der Waals surface area contributed by atoms with Crippen LogP contribution in [0.25, 0.3) is 0 Å². The number of hydrogen-bond donors (Lipinski definition) is 1. The molecule has 1 amide bonds. The fraction of sp³-hybridized carbons (Fsp3) is 0.462. The van der Waals surface area contributed by atoms with Crippen molar-refractivity contribution in [2.24, 2.45) is 0 Å². The number of halogens is 1. The van der Waals surface area contributed by atoms with Crippen LogP contribution in [0.5, 0.6) is 0 Å². The standard InChI is InChI=1S/C8H8FNO2.C3H8.C2H6/c1-12-8(11)10-7-4-2-6(9)3-5-7;1-3-2;1-2/h2-5H,1H3,(H,10,11);3H2,1-2H3;1-2H3. The normalized spacial score (nSPS) is 7.88. The fourth-order valence-electron chi connectivity index (χ4n) is 0.702. The first-order chi connectivity index (χ1) is 8.13. The van der Waals surface area contributed by atoms with Crippen molar-refractivity contribution in [2.75, 3.05) is 12.4 Å². The first-order valence-electron chi connectivity index (χ1n) is 5.74. The largest absolute Gasteiger partial charge is 0.453 e. The van der Waals surface area contributed by atoms with Crippen LogP contribution in [0.1, 0.15) is 34.1 Å². The number of anilines is 1. The third-order valence-electron chi connectivity index (χ3n) is 1.28. The number of hydrogen-bond acceptors (Lipinski definition) is 2. The van der Waals surface area contributed by atoms with Gasteiger partial charge in [-0.3, -0.25) is 5.32 Å². The lowest BCUT2D eigenvalue weighted by atomic mass is 10.3. The smallest absolute Gasteiger partial charge is 0.411 e. The van der Waals surface area contributed by atoms with E-state index in [1.165, 1.54) is 37.8 Å². The lowest BCUT2D eigenvalue weighted by Gasteiger charge is -2.01. The van der Waals surface area contributed by atoms with E-state index in [9.17, 15) is 9.18 Å². The van der Waals surface area contributed by atoms with Gasteiger partial charge >= 0.3 is 6.09 Å². The van der Waals surface area contributed by atoms with Crippen molar-refractivity contribution >= 4 is 11.8 Å². The fourth-order valence-corrected chi connectivity index (χ4v) is 0.702. The third-order valence-corrected chi connectivity index (χ3v) is 1.28.